The Labute approximate surface area is 115 Å². The standard InChI is InChI=1S/C12H16N4O4/c1-14-4-7(17)5-16-10(11(14)18)8-6-15(12(19)20)3-2-9(8)13-16/h7,17H,2-6H2,1H3,(H,19,20). The van der Waals surface area contributed by atoms with Crippen LogP contribution in [0.1, 0.15) is 21.7 Å². The molecule has 2 N–H and O–H groups in total. The molecule has 0 aromatic carbocycles. The monoisotopic (exact) mass is 280 g/mol. The van der Waals surface area contributed by atoms with Gasteiger partial charge in [-0.25, -0.2) is 4.79 Å². The van der Waals surface area contributed by atoms with Crippen molar-refractivity contribution in [2.75, 3.05) is 20.1 Å². The normalized spacial score (nSPS) is 22.3. The molecule has 0 fully saturated rings. The lowest BCUT2D eigenvalue weighted by molar-refractivity contribution is 0.0701. The Morgan fingerprint density at radius 1 is 1.40 bits per heavy atom. The molecule has 3 heterocycles. The van der Waals surface area contributed by atoms with E-state index in [1.165, 1.54) is 14.5 Å². The lowest BCUT2D eigenvalue weighted by Gasteiger charge is -2.24. The Kier molecular flexibility index (Phi) is 2.89. The number of likely N-dealkylation sites (N-methyl/N-ethyl adjacent to an activating group) is 1. The number of carboxylic acid groups (broad SMARTS) is 1. The number of fused-ring (bicyclic) bond motifs is 3. The van der Waals surface area contributed by atoms with Gasteiger partial charge in [-0.05, 0) is 0 Å². The van der Waals surface area contributed by atoms with E-state index in [1.807, 2.05) is 0 Å². The second-order valence-corrected chi connectivity index (χ2v) is 5.25. The van der Waals surface area contributed by atoms with E-state index < -0.39 is 12.2 Å². The predicted octanol–water partition coefficient (Wildman–Crippen LogP) is -0.634. The van der Waals surface area contributed by atoms with Crippen molar-refractivity contribution in [3.63, 3.8) is 0 Å². The molecule has 2 aliphatic heterocycles. The second kappa shape index (κ2) is 4.48. The molecule has 1 aromatic rings. The van der Waals surface area contributed by atoms with Crippen molar-refractivity contribution in [3.8, 4) is 0 Å². The Bertz CT molecular complexity index is 582. The van der Waals surface area contributed by atoms with Crippen molar-refractivity contribution in [3.05, 3.63) is 17.0 Å². The van der Waals surface area contributed by atoms with Crippen LogP contribution in [0.4, 0.5) is 4.79 Å². The number of aliphatic hydroxyl groups excluding tert-OH is 1. The maximum Gasteiger partial charge on any atom is 0.407 e. The molecule has 1 aromatic heterocycles. The van der Waals surface area contributed by atoms with E-state index in [0.717, 1.165) is 5.69 Å². The Morgan fingerprint density at radius 2 is 2.15 bits per heavy atom. The van der Waals surface area contributed by atoms with Crippen LogP contribution in [0.2, 0.25) is 0 Å². The number of β-amino-alcohol motifs (C(OH)–C–C–N with tert-alkyl or cyclic N) is 1. The highest BCUT2D eigenvalue weighted by Gasteiger charge is 2.34. The lowest BCUT2D eigenvalue weighted by Crippen LogP contribution is -2.36. The van der Waals surface area contributed by atoms with Gasteiger partial charge in [0.05, 0.1) is 24.9 Å². The first-order chi connectivity index (χ1) is 9.47. The van der Waals surface area contributed by atoms with Crippen molar-refractivity contribution in [2.45, 2.75) is 25.6 Å². The van der Waals surface area contributed by atoms with E-state index in [1.54, 1.807) is 7.05 Å². The van der Waals surface area contributed by atoms with Crippen LogP contribution >= 0.6 is 0 Å². The largest absolute Gasteiger partial charge is 0.465 e. The van der Waals surface area contributed by atoms with Crippen LogP contribution in [0.25, 0.3) is 0 Å². The average Bonchev–Trinajstić information content (AvgIpc) is 2.68. The second-order valence-electron chi connectivity index (χ2n) is 5.25. The van der Waals surface area contributed by atoms with Gasteiger partial charge >= 0.3 is 6.09 Å². The molecule has 8 heteroatoms. The highest BCUT2D eigenvalue weighted by atomic mass is 16.4. The van der Waals surface area contributed by atoms with Gasteiger partial charge in [0, 0.05) is 32.1 Å². The molecule has 1 atom stereocenters. The number of hydrogen-bond acceptors (Lipinski definition) is 4. The first-order valence-corrected chi connectivity index (χ1v) is 6.47. The summed E-state index contributed by atoms with van der Waals surface area (Å²) >= 11 is 0. The van der Waals surface area contributed by atoms with Crippen molar-refractivity contribution >= 4 is 12.0 Å². The van der Waals surface area contributed by atoms with Gasteiger partial charge in [0.25, 0.3) is 5.91 Å². The van der Waals surface area contributed by atoms with Crippen LogP contribution in [0.15, 0.2) is 0 Å². The molecular formula is C12H16N4O4. The molecule has 3 rings (SSSR count). The minimum atomic E-state index is -0.995. The van der Waals surface area contributed by atoms with Gasteiger partial charge in [0.1, 0.15) is 5.69 Å². The van der Waals surface area contributed by atoms with Crippen LogP contribution < -0.4 is 0 Å². The fourth-order valence-corrected chi connectivity index (χ4v) is 2.80. The number of rotatable bonds is 0. The van der Waals surface area contributed by atoms with Crippen LogP contribution in [-0.4, -0.2) is 68.0 Å². The van der Waals surface area contributed by atoms with Crippen LogP contribution in [-0.2, 0) is 19.5 Å². The SMILES string of the molecule is CN1CC(O)Cn2nc3c(c2C1=O)CN(C(=O)O)CC3. The zero-order chi connectivity index (χ0) is 14.4. The lowest BCUT2D eigenvalue weighted by atomic mass is 10.1. The van der Waals surface area contributed by atoms with Gasteiger partial charge in [0.15, 0.2) is 0 Å². The van der Waals surface area contributed by atoms with Gasteiger partial charge in [-0.2, -0.15) is 5.10 Å². The third kappa shape index (κ3) is 1.92. The maximum absolute atomic E-state index is 12.4. The molecule has 0 spiro atoms. The fraction of sp³-hybridized carbons (Fsp3) is 0.583. The number of aliphatic hydroxyl groups is 1. The summed E-state index contributed by atoms with van der Waals surface area (Å²) < 4.78 is 1.52. The molecule has 2 amide bonds. The van der Waals surface area contributed by atoms with Crippen LogP contribution in [0.3, 0.4) is 0 Å². The zero-order valence-corrected chi connectivity index (χ0v) is 11.1. The first-order valence-electron chi connectivity index (χ1n) is 6.47. The number of nitrogens with zero attached hydrogens (tertiary/aromatic N) is 4. The molecule has 108 valence electrons. The van der Waals surface area contributed by atoms with E-state index in [-0.39, 0.29) is 25.5 Å². The van der Waals surface area contributed by atoms with Crippen molar-refractivity contribution in [2.24, 2.45) is 0 Å². The minimum absolute atomic E-state index is 0.176. The summed E-state index contributed by atoms with van der Waals surface area (Å²) in [6.45, 7) is 1.06. The topological polar surface area (TPSA) is 98.9 Å². The molecule has 1 unspecified atom stereocenters. The number of hydrogen-bond donors (Lipinski definition) is 2. The number of carbonyl (C=O) groups excluding carboxylic acids is 1. The van der Waals surface area contributed by atoms with Gasteiger partial charge < -0.3 is 20.0 Å². The fourth-order valence-electron chi connectivity index (χ4n) is 2.80. The summed E-state index contributed by atoms with van der Waals surface area (Å²) in [7, 11) is 1.62. The molecule has 0 radical (unpaired) electrons. The molecule has 0 bridgehead atoms. The van der Waals surface area contributed by atoms with Crippen molar-refractivity contribution in [1.29, 1.82) is 0 Å². The van der Waals surface area contributed by atoms with E-state index in [9.17, 15) is 14.7 Å². The molecule has 0 saturated carbocycles. The smallest absolute Gasteiger partial charge is 0.407 e. The van der Waals surface area contributed by atoms with Crippen molar-refractivity contribution in [1.82, 2.24) is 19.6 Å². The van der Waals surface area contributed by atoms with Crippen molar-refractivity contribution < 1.29 is 19.8 Å². The van der Waals surface area contributed by atoms with Gasteiger partial charge in [-0.1, -0.05) is 0 Å². The Hall–Kier alpha value is -2.09. The number of aromatic nitrogens is 2. The van der Waals surface area contributed by atoms with E-state index in [0.29, 0.717) is 24.2 Å². The van der Waals surface area contributed by atoms with E-state index >= 15 is 0 Å². The van der Waals surface area contributed by atoms with E-state index in [4.69, 9.17) is 5.11 Å². The quantitative estimate of drug-likeness (QED) is 0.659. The average molecular weight is 280 g/mol. The number of amides is 2. The van der Waals surface area contributed by atoms with Gasteiger partial charge in [-0.15, -0.1) is 0 Å². The summed E-state index contributed by atoms with van der Waals surface area (Å²) in [5, 5.41) is 23.3. The number of carbonyl (C=O) groups is 2. The molecule has 0 aliphatic carbocycles. The minimum Gasteiger partial charge on any atom is -0.465 e. The Morgan fingerprint density at radius 3 is 2.85 bits per heavy atom. The third-order valence-electron chi connectivity index (χ3n) is 3.79. The summed E-state index contributed by atoms with van der Waals surface area (Å²) in [6.07, 6.45) is -1.17. The van der Waals surface area contributed by atoms with Gasteiger partial charge in [-0.3, -0.25) is 9.48 Å². The first kappa shape index (κ1) is 12.9. The summed E-state index contributed by atoms with van der Waals surface area (Å²) in [6, 6.07) is 0. The van der Waals surface area contributed by atoms with Crippen LogP contribution in [0, 0.1) is 0 Å². The van der Waals surface area contributed by atoms with E-state index in [2.05, 4.69) is 5.10 Å². The highest BCUT2D eigenvalue weighted by molar-refractivity contribution is 5.94. The third-order valence-corrected chi connectivity index (χ3v) is 3.79. The molecule has 8 nitrogen and oxygen atoms in total. The molecule has 20 heavy (non-hydrogen) atoms. The summed E-state index contributed by atoms with van der Waals surface area (Å²) in [4.78, 5) is 26.2. The van der Waals surface area contributed by atoms with Gasteiger partial charge in [0.2, 0.25) is 0 Å². The summed E-state index contributed by atoms with van der Waals surface area (Å²) in [5.74, 6) is -0.220. The Balaban J connectivity index is 2.05. The highest BCUT2D eigenvalue weighted by Crippen LogP contribution is 2.25. The summed E-state index contributed by atoms with van der Waals surface area (Å²) in [5.41, 5.74) is 1.84. The molecule has 2 aliphatic rings. The maximum atomic E-state index is 12.4. The predicted molar refractivity (Wildman–Crippen MR) is 67.3 cm³/mol. The van der Waals surface area contributed by atoms with Crippen LogP contribution in [0.5, 0.6) is 0 Å². The molecule has 0 saturated heterocycles. The zero-order valence-electron chi connectivity index (χ0n) is 11.1. The molecular weight excluding hydrogens is 264 g/mol.